The lowest BCUT2D eigenvalue weighted by molar-refractivity contribution is -0.121. The molecule has 0 bridgehead atoms. The summed E-state index contributed by atoms with van der Waals surface area (Å²) >= 11 is 0. The molecule has 27 heavy (non-hydrogen) atoms. The summed E-state index contributed by atoms with van der Waals surface area (Å²) in [7, 11) is 0. The standard InChI is InChI=1S/C23H16FNO2/c24-19-12-4-1-8-16(19)9-7-15-25-23(26)22-17-10-2-5-13-20(17)27-21-14-6-3-11-18(21)22/h1-6,8,10-14,22H,15H2,(H,25,26). The van der Waals surface area contributed by atoms with Gasteiger partial charge < -0.3 is 10.1 Å². The third kappa shape index (κ3) is 3.40. The van der Waals surface area contributed by atoms with Crippen LogP contribution in [0.5, 0.6) is 11.5 Å². The van der Waals surface area contributed by atoms with Crippen LogP contribution in [0.25, 0.3) is 0 Å². The Labute approximate surface area is 156 Å². The van der Waals surface area contributed by atoms with E-state index < -0.39 is 5.92 Å². The number of para-hydroxylation sites is 2. The highest BCUT2D eigenvalue weighted by Crippen LogP contribution is 2.43. The number of hydrogen-bond donors (Lipinski definition) is 1. The van der Waals surface area contributed by atoms with E-state index in [0.29, 0.717) is 17.1 Å². The van der Waals surface area contributed by atoms with Crippen LogP contribution in [-0.4, -0.2) is 12.5 Å². The van der Waals surface area contributed by atoms with Crippen LogP contribution < -0.4 is 10.1 Å². The first-order valence-electron chi connectivity index (χ1n) is 8.61. The highest BCUT2D eigenvalue weighted by molar-refractivity contribution is 5.89. The van der Waals surface area contributed by atoms with Crippen LogP contribution in [0.15, 0.2) is 72.8 Å². The lowest BCUT2D eigenvalue weighted by atomic mass is 9.87. The quantitative estimate of drug-likeness (QED) is 0.697. The minimum Gasteiger partial charge on any atom is -0.457 e. The van der Waals surface area contributed by atoms with Gasteiger partial charge in [-0.25, -0.2) is 4.39 Å². The Morgan fingerprint density at radius 2 is 1.52 bits per heavy atom. The van der Waals surface area contributed by atoms with Gasteiger partial charge in [0.25, 0.3) is 0 Å². The SMILES string of the molecule is O=C(NCC#Cc1ccccc1F)C1c2ccccc2Oc2ccccc21. The van der Waals surface area contributed by atoms with E-state index in [1.54, 1.807) is 18.2 Å². The number of carbonyl (C=O) groups is 1. The maximum atomic E-state index is 13.6. The van der Waals surface area contributed by atoms with E-state index in [1.807, 2.05) is 48.5 Å². The molecule has 1 aliphatic rings. The predicted molar refractivity (Wildman–Crippen MR) is 101 cm³/mol. The van der Waals surface area contributed by atoms with Gasteiger partial charge in [0.1, 0.15) is 17.3 Å². The number of ether oxygens (including phenoxy) is 1. The van der Waals surface area contributed by atoms with Crippen molar-refractivity contribution >= 4 is 5.91 Å². The summed E-state index contributed by atoms with van der Waals surface area (Å²) < 4.78 is 19.5. The molecule has 0 aliphatic carbocycles. The predicted octanol–water partition coefficient (Wildman–Crippen LogP) is 4.23. The molecule has 3 aromatic rings. The van der Waals surface area contributed by atoms with E-state index in [0.717, 1.165) is 11.1 Å². The topological polar surface area (TPSA) is 38.3 Å². The second-order valence-corrected chi connectivity index (χ2v) is 6.11. The molecule has 0 fully saturated rings. The number of carbonyl (C=O) groups excluding carboxylic acids is 1. The molecule has 132 valence electrons. The summed E-state index contributed by atoms with van der Waals surface area (Å²) in [4.78, 5) is 12.9. The largest absolute Gasteiger partial charge is 0.457 e. The van der Waals surface area contributed by atoms with Gasteiger partial charge in [0.2, 0.25) is 5.91 Å². The molecular formula is C23H16FNO2. The molecule has 1 heterocycles. The van der Waals surface area contributed by atoms with Crippen molar-refractivity contribution in [2.24, 2.45) is 0 Å². The Morgan fingerprint density at radius 1 is 0.926 bits per heavy atom. The fourth-order valence-electron chi connectivity index (χ4n) is 3.13. The number of benzene rings is 3. The molecule has 0 radical (unpaired) electrons. The lowest BCUT2D eigenvalue weighted by Gasteiger charge is -2.27. The van der Waals surface area contributed by atoms with Crippen molar-refractivity contribution in [3.8, 4) is 23.3 Å². The summed E-state index contributed by atoms with van der Waals surface area (Å²) in [5.74, 6) is 5.89. The Hall–Kier alpha value is -3.58. The molecule has 1 amide bonds. The summed E-state index contributed by atoms with van der Waals surface area (Å²) in [6.45, 7) is 0.134. The molecule has 4 heteroatoms. The highest BCUT2D eigenvalue weighted by Gasteiger charge is 2.31. The number of nitrogens with one attached hydrogen (secondary N) is 1. The van der Waals surface area contributed by atoms with Gasteiger partial charge in [0, 0.05) is 11.1 Å². The summed E-state index contributed by atoms with van der Waals surface area (Å²) in [6.07, 6.45) is 0. The average Bonchev–Trinajstić information content (AvgIpc) is 2.70. The number of hydrogen-bond acceptors (Lipinski definition) is 2. The molecule has 0 saturated heterocycles. The van der Waals surface area contributed by atoms with Crippen molar-refractivity contribution in [2.45, 2.75) is 5.92 Å². The summed E-state index contributed by atoms with van der Waals surface area (Å²) in [5, 5.41) is 2.83. The van der Waals surface area contributed by atoms with E-state index in [9.17, 15) is 9.18 Å². The zero-order valence-electron chi connectivity index (χ0n) is 14.4. The molecule has 0 unspecified atom stereocenters. The molecule has 4 rings (SSSR count). The Kier molecular flexibility index (Phi) is 4.59. The second kappa shape index (κ2) is 7.35. The smallest absolute Gasteiger partial charge is 0.233 e. The molecule has 1 N–H and O–H groups in total. The zero-order chi connectivity index (χ0) is 18.6. The van der Waals surface area contributed by atoms with E-state index in [2.05, 4.69) is 17.2 Å². The number of amides is 1. The van der Waals surface area contributed by atoms with Gasteiger partial charge in [-0.3, -0.25) is 4.79 Å². The Morgan fingerprint density at radius 3 is 2.19 bits per heavy atom. The van der Waals surface area contributed by atoms with Crippen LogP contribution in [0, 0.1) is 17.7 Å². The van der Waals surface area contributed by atoms with Crippen molar-refractivity contribution < 1.29 is 13.9 Å². The van der Waals surface area contributed by atoms with Crippen molar-refractivity contribution in [1.29, 1.82) is 0 Å². The maximum absolute atomic E-state index is 13.6. The minimum absolute atomic E-state index is 0.134. The van der Waals surface area contributed by atoms with Crippen molar-refractivity contribution in [1.82, 2.24) is 5.32 Å². The first-order chi connectivity index (χ1) is 13.2. The van der Waals surface area contributed by atoms with Crippen LogP contribution in [0.2, 0.25) is 0 Å². The van der Waals surface area contributed by atoms with E-state index in [4.69, 9.17) is 4.74 Å². The van der Waals surface area contributed by atoms with E-state index in [-0.39, 0.29) is 18.3 Å². The number of rotatable bonds is 2. The molecule has 0 atom stereocenters. The van der Waals surface area contributed by atoms with Crippen LogP contribution in [0.1, 0.15) is 22.6 Å². The first-order valence-corrected chi connectivity index (χ1v) is 8.61. The molecule has 0 saturated carbocycles. The van der Waals surface area contributed by atoms with Crippen molar-refractivity contribution in [3.63, 3.8) is 0 Å². The average molecular weight is 357 g/mol. The van der Waals surface area contributed by atoms with Crippen molar-refractivity contribution in [3.05, 3.63) is 95.3 Å². The number of halogens is 1. The first kappa shape index (κ1) is 16.9. The van der Waals surface area contributed by atoms with Crippen molar-refractivity contribution in [2.75, 3.05) is 6.54 Å². The Bertz CT molecular complexity index is 1020. The maximum Gasteiger partial charge on any atom is 0.233 e. The Balaban J connectivity index is 1.55. The van der Waals surface area contributed by atoms with Gasteiger partial charge in [-0.1, -0.05) is 60.4 Å². The van der Waals surface area contributed by atoms with Gasteiger partial charge in [0.15, 0.2) is 0 Å². The minimum atomic E-state index is -0.471. The van der Waals surface area contributed by atoms with Crippen LogP contribution >= 0.6 is 0 Å². The van der Waals surface area contributed by atoms with Gasteiger partial charge >= 0.3 is 0 Å². The van der Waals surface area contributed by atoms with Gasteiger partial charge in [-0.15, -0.1) is 0 Å². The summed E-state index contributed by atoms with van der Waals surface area (Å²) in [5.41, 5.74) is 1.94. The molecule has 1 aliphatic heterocycles. The fraction of sp³-hybridized carbons (Fsp3) is 0.0870. The normalized spacial score (nSPS) is 12.0. The van der Waals surface area contributed by atoms with Gasteiger partial charge in [0.05, 0.1) is 18.0 Å². The molecule has 3 nitrogen and oxygen atoms in total. The summed E-state index contributed by atoms with van der Waals surface area (Å²) in [6, 6.07) is 21.3. The van der Waals surface area contributed by atoms with Crippen LogP contribution in [0.3, 0.4) is 0 Å². The lowest BCUT2D eigenvalue weighted by Crippen LogP contribution is -2.31. The molecule has 3 aromatic carbocycles. The highest BCUT2D eigenvalue weighted by atomic mass is 19.1. The molecule has 0 spiro atoms. The third-order valence-electron chi connectivity index (χ3n) is 4.39. The fourth-order valence-corrected chi connectivity index (χ4v) is 3.13. The third-order valence-corrected chi connectivity index (χ3v) is 4.39. The van der Waals surface area contributed by atoms with Gasteiger partial charge in [-0.05, 0) is 24.3 Å². The monoisotopic (exact) mass is 357 g/mol. The van der Waals surface area contributed by atoms with Gasteiger partial charge in [-0.2, -0.15) is 0 Å². The molecule has 0 aromatic heterocycles. The van der Waals surface area contributed by atoms with E-state index in [1.165, 1.54) is 6.07 Å². The van der Waals surface area contributed by atoms with Crippen LogP contribution in [-0.2, 0) is 4.79 Å². The second-order valence-electron chi connectivity index (χ2n) is 6.11. The number of fused-ring (bicyclic) bond motifs is 2. The molecular weight excluding hydrogens is 341 g/mol. The van der Waals surface area contributed by atoms with E-state index >= 15 is 0 Å². The van der Waals surface area contributed by atoms with Crippen LogP contribution in [0.4, 0.5) is 4.39 Å². The zero-order valence-corrected chi connectivity index (χ0v) is 14.4.